The minimum Gasteiger partial charge on any atom is -0.492 e. The molecule has 0 radical (unpaired) electrons. The third-order valence-electron chi connectivity index (χ3n) is 2.92. The van der Waals surface area contributed by atoms with Crippen LogP contribution in [0, 0.1) is 0 Å². The van der Waals surface area contributed by atoms with Crippen LogP contribution < -0.4 is 10.1 Å². The summed E-state index contributed by atoms with van der Waals surface area (Å²) in [7, 11) is 1.91. The number of ether oxygens (including phenoxy) is 1. The Morgan fingerprint density at radius 3 is 2.79 bits per heavy atom. The second-order valence-corrected chi connectivity index (χ2v) is 4.35. The fourth-order valence-corrected chi connectivity index (χ4v) is 1.54. The van der Waals surface area contributed by atoms with E-state index in [0.717, 1.165) is 5.75 Å². The minimum absolute atomic E-state index is 0.00195. The molecule has 1 N–H and O–H groups in total. The maximum atomic E-state index is 11.7. The van der Waals surface area contributed by atoms with Gasteiger partial charge < -0.3 is 10.1 Å². The Balaban J connectivity index is 2.28. The first-order valence-electron chi connectivity index (χ1n) is 6.42. The van der Waals surface area contributed by atoms with E-state index in [0.29, 0.717) is 19.7 Å². The molecule has 1 aromatic rings. The molecule has 0 aromatic heterocycles. The van der Waals surface area contributed by atoms with Gasteiger partial charge in [0.25, 0.3) is 0 Å². The second kappa shape index (κ2) is 8.32. The molecule has 0 aliphatic carbocycles. The second-order valence-electron chi connectivity index (χ2n) is 4.35. The largest absolute Gasteiger partial charge is 0.492 e. The number of carbonyl (C=O) groups is 1. The zero-order valence-electron chi connectivity index (χ0n) is 11.6. The van der Waals surface area contributed by atoms with Gasteiger partial charge in [0.1, 0.15) is 12.4 Å². The maximum Gasteiger partial charge on any atom is 0.237 e. The zero-order chi connectivity index (χ0) is 14.1. The van der Waals surface area contributed by atoms with Gasteiger partial charge in [0, 0.05) is 13.1 Å². The lowest BCUT2D eigenvalue weighted by Gasteiger charge is -2.23. The molecular weight excluding hydrogens is 240 g/mol. The molecule has 1 atom stereocenters. The summed E-state index contributed by atoms with van der Waals surface area (Å²) < 4.78 is 5.60. The van der Waals surface area contributed by atoms with Crippen LogP contribution in [0.15, 0.2) is 43.0 Å². The fraction of sp³-hybridized carbons (Fsp3) is 0.400. The van der Waals surface area contributed by atoms with E-state index in [4.69, 9.17) is 4.74 Å². The average Bonchev–Trinajstić information content (AvgIpc) is 2.44. The van der Waals surface area contributed by atoms with Gasteiger partial charge in [0.2, 0.25) is 5.91 Å². The maximum absolute atomic E-state index is 11.7. The van der Waals surface area contributed by atoms with Gasteiger partial charge in [-0.25, -0.2) is 0 Å². The smallest absolute Gasteiger partial charge is 0.237 e. The summed E-state index contributed by atoms with van der Waals surface area (Å²) in [6.45, 7) is 7.19. The summed E-state index contributed by atoms with van der Waals surface area (Å²) in [5.41, 5.74) is 0. The summed E-state index contributed by atoms with van der Waals surface area (Å²) in [6, 6.07) is 9.47. The molecule has 0 heterocycles. The molecule has 0 bridgehead atoms. The molecule has 1 rings (SSSR count). The number of nitrogens with one attached hydrogen (secondary N) is 1. The van der Waals surface area contributed by atoms with Gasteiger partial charge in [0.05, 0.1) is 6.04 Å². The third kappa shape index (κ3) is 5.57. The molecule has 0 aliphatic heterocycles. The lowest BCUT2D eigenvalue weighted by Crippen LogP contribution is -2.44. The van der Waals surface area contributed by atoms with Crippen LogP contribution in [0.2, 0.25) is 0 Å². The van der Waals surface area contributed by atoms with Crippen molar-refractivity contribution in [2.75, 3.05) is 26.7 Å². The first-order chi connectivity index (χ1) is 9.15. The number of carbonyl (C=O) groups excluding carboxylic acids is 1. The van der Waals surface area contributed by atoms with Crippen molar-refractivity contribution in [3.63, 3.8) is 0 Å². The van der Waals surface area contributed by atoms with Crippen molar-refractivity contribution in [1.29, 1.82) is 0 Å². The first-order valence-corrected chi connectivity index (χ1v) is 6.42. The lowest BCUT2D eigenvalue weighted by molar-refractivity contribution is -0.125. The molecule has 104 valence electrons. The molecule has 1 aromatic carbocycles. The Hall–Kier alpha value is -1.81. The van der Waals surface area contributed by atoms with E-state index >= 15 is 0 Å². The molecule has 1 amide bonds. The number of rotatable bonds is 8. The summed E-state index contributed by atoms with van der Waals surface area (Å²) in [4.78, 5) is 13.7. The summed E-state index contributed by atoms with van der Waals surface area (Å²) in [6.07, 6.45) is 1.67. The van der Waals surface area contributed by atoms with Crippen LogP contribution in [0.3, 0.4) is 0 Å². The van der Waals surface area contributed by atoms with E-state index < -0.39 is 0 Å². The van der Waals surface area contributed by atoms with Crippen LogP contribution in [-0.2, 0) is 4.79 Å². The van der Waals surface area contributed by atoms with E-state index in [1.807, 2.05) is 49.2 Å². The van der Waals surface area contributed by atoms with Crippen LogP contribution in [0.5, 0.6) is 5.75 Å². The molecule has 19 heavy (non-hydrogen) atoms. The molecule has 4 heteroatoms. The van der Waals surface area contributed by atoms with E-state index in [1.54, 1.807) is 6.08 Å². The van der Waals surface area contributed by atoms with Crippen molar-refractivity contribution in [2.24, 2.45) is 0 Å². The van der Waals surface area contributed by atoms with Crippen molar-refractivity contribution in [1.82, 2.24) is 10.2 Å². The van der Waals surface area contributed by atoms with Crippen LogP contribution in [0.4, 0.5) is 0 Å². The van der Waals surface area contributed by atoms with Gasteiger partial charge in [-0.3, -0.25) is 9.69 Å². The molecule has 0 unspecified atom stereocenters. The summed E-state index contributed by atoms with van der Waals surface area (Å²) in [5.74, 6) is 0.849. The number of likely N-dealkylation sites (N-methyl/N-ethyl adjacent to an activating group) is 1. The van der Waals surface area contributed by atoms with Gasteiger partial charge in [-0.05, 0) is 26.1 Å². The normalized spacial score (nSPS) is 11.9. The topological polar surface area (TPSA) is 41.6 Å². The number of hydrogen-bond donors (Lipinski definition) is 1. The molecular formula is C15H22N2O2. The average molecular weight is 262 g/mol. The van der Waals surface area contributed by atoms with Crippen LogP contribution >= 0.6 is 0 Å². The zero-order valence-corrected chi connectivity index (χ0v) is 11.6. The number of para-hydroxylation sites is 1. The highest BCUT2D eigenvalue weighted by atomic mass is 16.5. The van der Waals surface area contributed by atoms with Crippen molar-refractivity contribution >= 4 is 5.91 Å². The highest BCUT2D eigenvalue weighted by Gasteiger charge is 2.16. The lowest BCUT2D eigenvalue weighted by atomic mass is 10.2. The Kier molecular flexibility index (Phi) is 6.68. The van der Waals surface area contributed by atoms with Crippen LogP contribution in [0.25, 0.3) is 0 Å². The van der Waals surface area contributed by atoms with Crippen molar-refractivity contribution in [3.8, 4) is 5.75 Å². The molecule has 0 spiro atoms. The SMILES string of the molecule is C=CCNC(=O)[C@H](C)N(C)CCOc1ccccc1. The predicted octanol–water partition coefficient (Wildman–Crippen LogP) is 1.69. The summed E-state index contributed by atoms with van der Waals surface area (Å²) >= 11 is 0. The number of amides is 1. The molecule has 0 aliphatic rings. The monoisotopic (exact) mass is 262 g/mol. The highest BCUT2D eigenvalue weighted by molar-refractivity contribution is 5.81. The molecule has 4 nitrogen and oxygen atoms in total. The van der Waals surface area contributed by atoms with Gasteiger partial charge in [0.15, 0.2) is 0 Å². The minimum atomic E-state index is -0.181. The van der Waals surface area contributed by atoms with Crippen LogP contribution in [0.1, 0.15) is 6.92 Å². The number of nitrogens with zero attached hydrogens (tertiary/aromatic N) is 1. The third-order valence-corrected chi connectivity index (χ3v) is 2.92. The van der Waals surface area contributed by atoms with E-state index in [1.165, 1.54) is 0 Å². The molecule has 0 saturated heterocycles. The van der Waals surface area contributed by atoms with Gasteiger partial charge >= 0.3 is 0 Å². The highest BCUT2D eigenvalue weighted by Crippen LogP contribution is 2.08. The Morgan fingerprint density at radius 1 is 1.47 bits per heavy atom. The fourth-order valence-electron chi connectivity index (χ4n) is 1.54. The predicted molar refractivity (Wildman–Crippen MR) is 77.2 cm³/mol. The van der Waals surface area contributed by atoms with Crippen LogP contribution in [-0.4, -0.2) is 43.6 Å². The standard InChI is InChI=1S/C15H22N2O2/c1-4-10-16-15(18)13(2)17(3)11-12-19-14-8-6-5-7-9-14/h4-9,13H,1,10-12H2,2-3H3,(H,16,18)/t13-/m0/s1. The number of hydrogen-bond acceptors (Lipinski definition) is 3. The quantitative estimate of drug-likeness (QED) is 0.725. The van der Waals surface area contributed by atoms with E-state index in [-0.39, 0.29) is 11.9 Å². The van der Waals surface area contributed by atoms with Gasteiger partial charge in [-0.2, -0.15) is 0 Å². The molecule has 0 saturated carbocycles. The Morgan fingerprint density at radius 2 is 2.16 bits per heavy atom. The Labute approximate surface area is 115 Å². The van der Waals surface area contributed by atoms with E-state index in [9.17, 15) is 4.79 Å². The van der Waals surface area contributed by atoms with Gasteiger partial charge in [-0.15, -0.1) is 6.58 Å². The van der Waals surface area contributed by atoms with E-state index in [2.05, 4.69) is 11.9 Å². The Bertz CT molecular complexity index is 392. The van der Waals surface area contributed by atoms with Gasteiger partial charge in [-0.1, -0.05) is 24.3 Å². The summed E-state index contributed by atoms with van der Waals surface area (Å²) in [5, 5.41) is 2.78. The van der Waals surface area contributed by atoms with Crippen molar-refractivity contribution < 1.29 is 9.53 Å². The number of benzene rings is 1. The first kappa shape index (κ1) is 15.2. The molecule has 0 fully saturated rings. The van der Waals surface area contributed by atoms with Crippen molar-refractivity contribution in [3.05, 3.63) is 43.0 Å². The van der Waals surface area contributed by atoms with Crippen molar-refractivity contribution in [2.45, 2.75) is 13.0 Å².